The van der Waals surface area contributed by atoms with Gasteiger partial charge in [0.1, 0.15) is 11.6 Å². The minimum absolute atomic E-state index is 0.250. The molecule has 0 aliphatic carbocycles. The van der Waals surface area contributed by atoms with Crippen molar-refractivity contribution < 1.29 is 9.13 Å². The first kappa shape index (κ1) is 16.2. The molecule has 0 aliphatic heterocycles. The van der Waals surface area contributed by atoms with Crippen LogP contribution in [0, 0.1) is 12.7 Å². The van der Waals surface area contributed by atoms with Gasteiger partial charge in [-0.1, -0.05) is 24.3 Å². The van der Waals surface area contributed by atoms with Crippen LogP contribution in [0.5, 0.6) is 5.75 Å². The lowest BCUT2D eigenvalue weighted by molar-refractivity contribution is 0.290. The molecule has 0 N–H and O–H groups in total. The zero-order chi connectivity index (χ0) is 16.8. The molecule has 3 nitrogen and oxygen atoms in total. The van der Waals surface area contributed by atoms with Crippen LogP contribution >= 0.6 is 0 Å². The molecule has 0 spiro atoms. The maximum absolute atomic E-state index is 13.0. The van der Waals surface area contributed by atoms with Crippen LogP contribution in [0.15, 0.2) is 67.3 Å². The second-order valence-electron chi connectivity index (χ2n) is 5.90. The van der Waals surface area contributed by atoms with Crippen molar-refractivity contribution in [3.05, 3.63) is 84.2 Å². The number of rotatable bonds is 7. The lowest BCUT2D eigenvalue weighted by Gasteiger charge is -2.20. The minimum Gasteiger partial charge on any atom is -0.494 e. The summed E-state index contributed by atoms with van der Waals surface area (Å²) in [7, 11) is 0. The molecule has 0 amide bonds. The highest BCUT2D eigenvalue weighted by molar-refractivity contribution is 5.29. The maximum atomic E-state index is 13.0. The molecule has 4 heteroatoms. The number of aryl methyl sites for hydroxylation is 1. The lowest BCUT2D eigenvalue weighted by atomic mass is 9.92. The normalized spacial score (nSPS) is 12.1. The molecule has 0 bridgehead atoms. The smallest absolute Gasteiger partial charge is 0.123 e. The van der Waals surface area contributed by atoms with Crippen molar-refractivity contribution in [2.45, 2.75) is 25.8 Å². The van der Waals surface area contributed by atoms with Crippen molar-refractivity contribution in [1.82, 2.24) is 9.55 Å². The third kappa shape index (κ3) is 4.22. The lowest BCUT2D eigenvalue weighted by Crippen LogP contribution is -2.13. The second-order valence-corrected chi connectivity index (χ2v) is 5.90. The molecule has 0 saturated heterocycles. The van der Waals surface area contributed by atoms with Gasteiger partial charge < -0.3 is 9.30 Å². The van der Waals surface area contributed by atoms with E-state index in [0.717, 1.165) is 13.0 Å². The summed E-state index contributed by atoms with van der Waals surface area (Å²) in [6.07, 6.45) is 6.49. The predicted octanol–water partition coefficient (Wildman–Crippen LogP) is 4.58. The Morgan fingerprint density at radius 1 is 1.12 bits per heavy atom. The van der Waals surface area contributed by atoms with Crippen molar-refractivity contribution in [1.29, 1.82) is 0 Å². The van der Waals surface area contributed by atoms with Gasteiger partial charge >= 0.3 is 0 Å². The zero-order valence-corrected chi connectivity index (χ0v) is 13.7. The van der Waals surface area contributed by atoms with E-state index in [1.54, 1.807) is 18.3 Å². The molecule has 0 aliphatic rings. The van der Waals surface area contributed by atoms with Gasteiger partial charge in [-0.15, -0.1) is 0 Å². The fraction of sp³-hybridized carbons (Fsp3) is 0.250. The zero-order valence-electron chi connectivity index (χ0n) is 13.7. The van der Waals surface area contributed by atoms with Crippen LogP contribution in [0.1, 0.15) is 23.5 Å². The molecule has 124 valence electrons. The Hall–Kier alpha value is -2.62. The first-order chi connectivity index (χ1) is 11.7. The summed E-state index contributed by atoms with van der Waals surface area (Å²) >= 11 is 0. The molecule has 1 aromatic heterocycles. The molecule has 2 aromatic carbocycles. The average Bonchev–Trinajstić information content (AvgIpc) is 3.09. The number of hydrogen-bond acceptors (Lipinski definition) is 2. The summed E-state index contributed by atoms with van der Waals surface area (Å²) in [4.78, 5) is 4.12. The topological polar surface area (TPSA) is 27.1 Å². The quantitative estimate of drug-likeness (QED) is 0.636. The van der Waals surface area contributed by atoms with E-state index >= 15 is 0 Å². The van der Waals surface area contributed by atoms with Crippen molar-refractivity contribution in [2.24, 2.45) is 0 Å². The van der Waals surface area contributed by atoms with Gasteiger partial charge in [0.05, 0.1) is 12.9 Å². The number of hydrogen-bond donors (Lipinski definition) is 0. The summed E-state index contributed by atoms with van der Waals surface area (Å²) < 4.78 is 20.8. The molecular formula is C20H21FN2O. The third-order valence-electron chi connectivity index (χ3n) is 4.17. The fourth-order valence-corrected chi connectivity index (χ4v) is 2.89. The molecule has 0 saturated carbocycles. The van der Waals surface area contributed by atoms with Crippen LogP contribution in [0.25, 0.3) is 0 Å². The van der Waals surface area contributed by atoms with E-state index in [1.807, 2.05) is 12.5 Å². The number of nitrogens with zero attached hydrogens (tertiary/aromatic N) is 2. The average molecular weight is 324 g/mol. The monoisotopic (exact) mass is 324 g/mol. The Bertz CT molecular complexity index is 754. The van der Waals surface area contributed by atoms with Gasteiger partial charge in [-0.2, -0.15) is 0 Å². The number of halogens is 1. The summed E-state index contributed by atoms with van der Waals surface area (Å²) in [6.45, 7) is 3.58. The predicted molar refractivity (Wildman–Crippen MR) is 92.7 cm³/mol. The van der Waals surface area contributed by atoms with E-state index in [4.69, 9.17) is 4.74 Å². The van der Waals surface area contributed by atoms with Gasteiger partial charge in [-0.05, 0) is 48.7 Å². The standard InChI is InChI=1S/C20H21FN2O/c1-16-4-2-3-5-20(16)17(14-23-12-11-22-15-23)10-13-24-19-8-6-18(21)7-9-19/h2-9,11-12,15,17H,10,13-14H2,1H3. The SMILES string of the molecule is Cc1ccccc1C(CCOc1ccc(F)cc1)Cn1ccnc1. The van der Waals surface area contributed by atoms with E-state index in [2.05, 4.69) is 40.7 Å². The largest absolute Gasteiger partial charge is 0.494 e. The minimum atomic E-state index is -0.250. The van der Waals surface area contributed by atoms with Crippen LogP contribution in [0.2, 0.25) is 0 Å². The molecular weight excluding hydrogens is 303 g/mol. The Kier molecular flexibility index (Phi) is 5.26. The Labute approximate surface area is 141 Å². The van der Waals surface area contributed by atoms with E-state index in [0.29, 0.717) is 18.3 Å². The molecule has 24 heavy (non-hydrogen) atoms. The Balaban J connectivity index is 1.68. The second kappa shape index (κ2) is 7.77. The van der Waals surface area contributed by atoms with Gasteiger partial charge in [0.25, 0.3) is 0 Å². The van der Waals surface area contributed by atoms with Gasteiger partial charge in [0.15, 0.2) is 0 Å². The van der Waals surface area contributed by atoms with Crippen molar-refractivity contribution in [3.8, 4) is 5.75 Å². The molecule has 1 unspecified atom stereocenters. The fourth-order valence-electron chi connectivity index (χ4n) is 2.89. The summed E-state index contributed by atoms with van der Waals surface area (Å²) in [5, 5.41) is 0. The van der Waals surface area contributed by atoms with Gasteiger partial charge in [0.2, 0.25) is 0 Å². The van der Waals surface area contributed by atoms with Gasteiger partial charge in [-0.25, -0.2) is 9.37 Å². The number of imidazole rings is 1. The van der Waals surface area contributed by atoms with Crippen LogP contribution in [-0.2, 0) is 6.54 Å². The van der Waals surface area contributed by atoms with Crippen molar-refractivity contribution in [2.75, 3.05) is 6.61 Å². The van der Waals surface area contributed by atoms with Crippen LogP contribution in [0.4, 0.5) is 4.39 Å². The number of ether oxygens (including phenoxy) is 1. The van der Waals surface area contributed by atoms with E-state index in [9.17, 15) is 4.39 Å². The Morgan fingerprint density at radius 3 is 2.62 bits per heavy atom. The van der Waals surface area contributed by atoms with E-state index in [-0.39, 0.29) is 5.82 Å². The maximum Gasteiger partial charge on any atom is 0.123 e. The summed E-state index contributed by atoms with van der Waals surface area (Å²) in [5.74, 6) is 0.781. The highest BCUT2D eigenvalue weighted by atomic mass is 19.1. The van der Waals surface area contributed by atoms with Crippen molar-refractivity contribution >= 4 is 0 Å². The highest BCUT2D eigenvalue weighted by Gasteiger charge is 2.14. The summed E-state index contributed by atoms with van der Waals surface area (Å²) in [5.41, 5.74) is 2.61. The third-order valence-corrected chi connectivity index (χ3v) is 4.17. The first-order valence-electron chi connectivity index (χ1n) is 8.12. The molecule has 3 rings (SSSR count). The molecule has 0 radical (unpaired) electrons. The van der Waals surface area contributed by atoms with Crippen LogP contribution in [-0.4, -0.2) is 16.2 Å². The van der Waals surface area contributed by atoms with E-state index in [1.165, 1.54) is 23.3 Å². The molecule has 0 fully saturated rings. The number of aromatic nitrogens is 2. The highest BCUT2D eigenvalue weighted by Crippen LogP contribution is 2.25. The van der Waals surface area contributed by atoms with Gasteiger partial charge in [-0.3, -0.25) is 0 Å². The molecule has 1 heterocycles. The van der Waals surface area contributed by atoms with Crippen LogP contribution in [0.3, 0.4) is 0 Å². The van der Waals surface area contributed by atoms with Gasteiger partial charge in [0, 0.05) is 24.9 Å². The van der Waals surface area contributed by atoms with E-state index < -0.39 is 0 Å². The first-order valence-corrected chi connectivity index (χ1v) is 8.12. The number of benzene rings is 2. The molecule has 1 atom stereocenters. The van der Waals surface area contributed by atoms with Crippen LogP contribution < -0.4 is 4.74 Å². The Morgan fingerprint density at radius 2 is 1.92 bits per heavy atom. The summed E-state index contributed by atoms with van der Waals surface area (Å²) in [6, 6.07) is 14.6. The van der Waals surface area contributed by atoms with Crippen molar-refractivity contribution in [3.63, 3.8) is 0 Å². The molecule has 3 aromatic rings.